The number of thiocarbonyl (C=S) groups is 1. The van der Waals surface area contributed by atoms with Crippen LogP contribution in [0.1, 0.15) is 34.7 Å². The Morgan fingerprint density at radius 3 is 2.47 bits per heavy atom. The van der Waals surface area contributed by atoms with Gasteiger partial charge >= 0.3 is 0 Å². The van der Waals surface area contributed by atoms with Gasteiger partial charge in [0, 0.05) is 53.6 Å². The highest BCUT2D eigenvalue weighted by atomic mass is 32.1. The Morgan fingerprint density at radius 1 is 1.00 bits per heavy atom. The Bertz CT molecular complexity index is 1350. The highest BCUT2D eigenvalue weighted by Crippen LogP contribution is 2.44. The lowest BCUT2D eigenvalue weighted by Crippen LogP contribution is -2.36. The van der Waals surface area contributed by atoms with Crippen LogP contribution in [0.25, 0.3) is 5.13 Å². The first-order chi connectivity index (χ1) is 17.6. The first kappa shape index (κ1) is 23.1. The van der Waals surface area contributed by atoms with Gasteiger partial charge in [-0.25, -0.2) is 4.98 Å². The number of aryl methyl sites for hydroxylation is 1. The van der Waals surface area contributed by atoms with Gasteiger partial charge in [-0.15, -0.1) is 11.3 Å². The Balaban J connectivity index is 1.43. The van der Waals surface area contributed by atoms with Gasteiger partial charge in [-0.2, -0.15) is 0 Å². The van der Waals surface area contributed by atoms with Gasteiger partial charge in [0.1, 0.15) is 0 Å². The van der Waals surface area contributed by atoms with E-state index in [2.05, 4.69) is 74.9 Å². The predicted molar refractivity (Wildman–Crippen MR) is 148 cm³/mol. The molecule has 0 spiro atoms. The SMILES string of the molecule is Cc1cc([C@@H]2[C@H](c3ccccn3)NC(=S)N2c2ccc(N3CCOCC3)cc2)c(C)n1-c1nccs1. The monoisotopic (exact) mass is 516 g/mol. The summed E-state index contributed by atoms with van der Waals surface area (Å²) in [4.78, 5) is 13.9. The molecule has 9 heteroatoms. The molecule has 0 aliphatic carbocycles. The molecule has 0 radical (unpaired) electrons. The fourth-order valence-corrected chi connectivity index (χ4v) is 6.40. The largest absolute Gasteiger partial charge is 0.378 e. The number of ether oxygens (including phenoxy) is 1. The van der Waals surface area contributed by atoms with Gasteiger partial charge in [-0.1, -0.05) is 6.07 Å². The summed E-state index contributed by atoms with van der Waals surface area (Å²) in [6.07, 6.45) is 3.69. The maximum Gasteiger partial charge on any atom is 0.193 e. The Kier molecular flexibility index (Phi) is 6.20. The summed E-state index contributed by atoms with van der Waals surface area (Å²) in [5.41, 5.74) is 6.76. The summed E-state index contributed by atoms with van der Waals surface area (Å²) in [5.74, 6) is 0. The van der Waals surface area contributed by atoms with Gasteiger partial charge in [0.25, 0.3) is 0 Å². The van der Waals surface area contributed by atoms with E-state index in [0.717, 1.165) is 54.2 Å². The van der Waals surface area contributed by atoms with Crippen molar-refractivity contribution in [3.8, 4) is 5.13 Å². The number of nitrogens with one attached hydrogen (secondary N) is 1. The molecule has 0 saturated carbocycles. The molecule has 2 atom stereocenters. The lowest BCUT2D eigenvalue weighted by atomic mass is 9.96. The van der Waals surface area contributed by atoms with Crippen molar-refractivity contribution in [1.82, 2.24) is 19.9 Å². The molecule has 184 valence electrons. The minimum Gasteiger partial charge on any atom is -0.378 e. The molecular weight excluding hydrogens is 488 g/mol. The molecule has 2 saturated heterocycles. The van der Waals surface area contributed by atoms with Crippen LogP contribution in [0.2, 0.25) is 0 Å². The van der Waals surface area contributed by atoms with Crippen molar-refractivity contribution in [3.05, 3.63) is 88.9 Å². The number of nitrogens with zero attached hydrogens (tertiary/aromatic N) is 5. The standard InChI is InChI=1S/C27H28N6OS2/c1-18-17-22(19(2)32(18)27-29-11-16-36-27)25-24(23-5-3-4-10-28-23)30-26(35)33(25)21-8-6-20(7-9-21)31-12-14-34-15-13-31/h3-11,16-17,24-25H,12-15H2,1-2H3,(H,30,35)/t24-,25+/m0/s1. The highest BCUT2D eigenvalue weighted by Gasteiger charge is 2.42. The smallest absolute Gasteiger partial charge is 0.193 e. The van der Waals surface area contributed by atoms with Crippen molar-refractivity contribution < 1.29 is 4.74 Å². The van der Waals surface area contributed by atoms with Crippen LogP contribution >= 0.6 is 23.6 Å². The normalized spacial score (nSPS) is 20.1. The summed E-state index contributed by atoms with van der Waals surface area (Å²) < 4.78 is 7.75. The zero-order valence-corrected chi connectivity index (χ0v) is 21.9. The van der Waals surface area contributed by atoms with Crippen molar-refractivity contribution in [2.24, 2.45) is 0 Å². The van der Waals surface area contributed by atoms with E-state index in [1.54, 1.807) is 11.3 Å². The quantitative estimate of drug-likeness (QED) is 0.376. The van der Waals surface area contributed by atoms with Crippen LogP contribution in [0.4, 0.5) is 11.4 Å². The van der Waals surface area contributed by atoms with E-state index in [1.807, 2.05) is 29.9 Å². The minimum atomic E-state index is -0.0807. The molecule has 4 aromatic rings. The number of pyridine rings is 1. The molecule has 5 heterocycles. The number of thiazole rings is 1. The summed E-state index contributed by atoms with van der Waals surface area (Å²) >= 11 is 7.58. The third-order valence-corrected chi connectivity index (χ3v) is 8.07. The molecule has 1 N–H and O–H groups in total. The predicted octanol–water partition coefficient (Wildman–Crippen LogP) is 4.96. The molecule has 0 amide bonds. The van der Waals surface area contributed by atoms with Gasteiger partial charge in [0.05, 0.1) is 31.0 Å². The van der Waals surface area contributed by atoms with E-state index in [9.17, 15) is 0 Å². The average Bonchev–Trinajstić information content (AvgIpc) is 3.63. The minimum absolute atomic E-state index is 0.0541. The zero-order valence-electron chi connectivity index (χ0n) is 20.3. The van der Waals surface area contributed by atoms with Crippen LogP contribution < -0.4 is 15.1 Å². The third kappa shape index (κ3) is 4.07. The summed E-state index contributed by atoms with van der Waals surface area (Å²) in [6.45, 7) is 7.66. The second kappa shape index (κ2) is 9.65. The molecule has 2 fully saturated rings. The third-order valence-electron chi connectivity index (χ3n) is 7.00. The van der Waals surface area contributed by atoms with Crippen LogP contribution in [0.15, 0.2) is 66.3 Å². The van der Waals surface area contributed by atoms with Crippen molar-refractivity contribution in [1.29, 1.82) is 0 Å². The van der Waals surface area contributed by atoms with Gasteiger partial charge in [0.2, 0.25) is 0 Å². The van der Waals surface area contributed by atoms with E-state index in [1.165, 1.54) is 11.3 Å². The van der Waals surface area contributed by atoms with Crippen LogP contribution in [0.3, 0.4) is 0 Å². The number of benzene rings is 1. The van der Waals surface area contributed by atoms with Gasteiger partial charge in [0.15, 0.2) is 10.2 Å². The highest BCUT2D eigenvalue weighted by molar-refractivity contribution is 7.80. The Labute approximate surface area is 220 Å². The van der Waals surface area contributed by atoms with Gasteiger partial charge < -0.3 is 19.9 Å². The van der Waals surface area contributed by atoms with Crippen LogP contribution in [0, 0.1) is 13.8 Å². The fraction of sp³-hybridized carbons (Fsp3) is 0.296. The van der Waals surface area contributed by atoms with Crippen molar-refractivity contribution in [2.45, 2.75) is 25.9 Å². The molecule has 2 aliphatic heterocycles. The van der Waals surface area contributed by atoms with Crippen molar-refractivity contribution >= 4 is 40.0 Å². The maximum absolute atomic E-state index is 5.94. The Hall–Kier alpha value is -3.27. The van der Waals surface area contributed by atoms with E-state index in [4.69, 9.17) is 21.9 Å². The average molecular weight is 517 g/mol. The maximum atomic E-state index is 5.94. The zero-order chi connectivity index (χ0) is 24.6. The molecule has 0 bridgehead atoms. The molecule has 6 rings (SSSR count). The number of anilines is 2. The summed E-state index contributed by atoms with van der Waals surface area (Å²) in [5, 5.41) is 7.27. The summed E-state index contributed by atoms with van der Waals surface area (Å²) in [7, 11) is 0. The number of hydrogen-bond donors (Lipinski definition) is 1. The number of aromatic nitrogens is 3. The fourth-order valence-electron chi connectivity index (χ4n) is 5.30. The topological polar surface area (TPSA) is 58.5 Å². The van der Waals surface area contributed by atoms with Gasteiger partial charge in [-0.3, -0.25) is 9.55 Å². The van der Waals surface area contributed by atoms with E-state index < -0.39 is 0 Å². The molecular formula is C27H28N6OS2. The number of morpholine rings is 1. The lowest BCUT2D eigenvalue weighted by molar-refractivity contribution is 0.122. The molecule has 7 nitrogen and oxygen atoms in total. The van der Waals surface area contributed by atoms with Crippen molar-refractivity contribution in [3.63, 3.8) is 0 Å². The number of rotatable bonds is 5. The first-order valence-corrected chi connectivity index (χ1v) is 13.4. The van der Waals surface area contributed by atoms with Gasteiger partial charge in [-0.05, 0) is 74.1 Å². The van der Waals surface area contributed by atoms with E-state index in [-0.39, 0.29) is 12.1 Å². The van der Waals surface area contributed by atoms with Crippen LogP contribution in [-0.4, -0.2) is 46.0 Å². The van der Waals surface area contributed by atoms with Crippen molar-refractivity contribution in [2.75, 3.05) is 36.1 Å². The first-order valence-electron chi connectivity index (χ1n) is 12.1. The molecule has 1 aromatic carbocycles. The van der Waals surface area contributed by atoms with E-state index >= 15 is 0 Å². The molecule has 0 unspecified atom stereocenters. The molecule has 36 heavy (non-hydrogen) atoms. The lowest BCUT2D eigenvalue weighted by Gasteiger charge is -2.31. The second-order valence-electron chi connectivity index (χ2n) is 9.09. The van der Waals surface area contributed by atoms with Crippen LogP contribution in [0.5, 0.6) is 0 Å². The molecule has 2 aliphatic rings. The second-order valence-corrected chi connectivity index (χ2v) is 10.3. The Morgan fingerprint density at radius 2 is 1.78 bits per heavy atom. The molecule has 3 aromatic heterocycles. The van der Waals surface area contributed by atoms with Crippen LogP contribution in [-0.2, 0) is 4.74 Å². The number of hydrogen-bond acceptors (Lipinski definition) is 6. The van der Waals surface area contributed by atoms with E-state index in [0.29, 0.717) is 5.11 Å². The summed E-state index contributed by atoms with van der Waals surface area (Å²) in [6, 6.07) is 16.9.